The Bertz CT molecular complexity index is 980. The maximum Gasteiger partial charge on any atom is 0.260 e. The Balaban J connectivity index is 1.55. The Kier molecular flexibility index (Phi) is 5.57. The summed E-state index contributed by atoms with van der Waals surface area (Å²) >= 11 is 0. The summed E-state index contributed by atoms with van der Waals surface area (Å²) in [5, 5.41) is 0. The van der Waals surface area contributed by atoms with E-state index >= 15 is 0 Å². The first-order chi connectivity index (χ1) is 14.2. The molecule has 1 unspecified atom stereocenters. The topological polar surface area (TPSA) is 37.4 Å². The third kappa shape index (κ3) is 4.00. The first kappa shape index (κ1) is 19.1. The molecule has 4 rings (SSSR count). The van der Waals surface area contributed by atoms with Gasteiger partial charge in [0, 0.05) is 17.5 Å². The molecule has 0 radical (unpaired) electrons. The Hall–Kier alpha value is -3.20. The molecule has 3 aromatic carbocycles. The molecule has 146 valence electrons. The molecule has 0 bridgehead atoms. The molecule has 2 amide bonds. The fraction of sp³-hybridized carbons (Fsp3) is 0.231. The average Bonchev–Trinajstić information content (AvgIpc) is 3.10. The van der Waals surface area contributed by atoms with Gasteiger partial charge in [0.1, 0.15) is 0 Å². The smallest absolute Gasteiger partial charge is 0.260 e. The van der Waals surface area contributed by atoms with Crippen LogP contribution in [0, 0.1) is 5.92 Å². The number of carbonyl (C=O) groups excluding carboxylic acids is 2. The Morgan fingerprint density at radius 2 is 1.45 bits per heavy atom. The van der Waals surface area contributed by atoms with Crippen LogP contribution in [0.25, 0.3) is 11.1 Å². The highest BCUT2D eigenvalue weighted by Crippen LogP contribution is 2.31. The van der Waals surface area contributed by atoms with Crippen molar-refractivity contribution >= 4 is 11.8 Å². The molecule has 2 atom stereocenters. The van der Waals surface area contributed by atoms with Crippen molar-refractivity contribution in [2.45, 2.75) is 32.2 Å². The second-order valence-corrected chi connectivity index (χ2v) is 7.64. The van der Waals surface area contributed by atoms with Crippen LogP contribution in [0.5, 0.6) is 0 Å². The summed E-state index contributed by atoms with van der Waals surface area (Å²) in [5.41, 5.74) is 4.06. The Morgan fingerprint density at radius 1 is 0.862 bits per heavy atom. The maximum absolute atomic E-state index is 13.1. The molecule has 0 aliphatic carbocycles. The quantitative estimate of drug-likeness (QED) is 0.556. The van der Waals surface area contributed by atoms with Crippen molar-refractivity contribution in [2.75, 3.05) is 0 Å². The summed E-state index contributed by atoms with van der Waals surface area (Å²) in [5.74, 6) is -0.291. The highest BCUT2D eigenvalue weighted by Gasteiger charge is 2.42. The van der Waals surface area contributed by atoms with Crippen molar-refractivity contribution < 1.29 is 9.59 Å². The monoisotopic (exact) mass is 383 g/mol. The van der Waals surface area contributed by atoms with Crippen LogP contribution in [0.15, 0.2) is 84.9 Å². The summed E-state index contributed by atoms with van der Waals surface area (Å²) in [6.45, 7) is 2.02. The first-order valence-electron chi connectivity index (χ1n) is 10.2. The van der Waals surface area contributed by atoms with Crippen molar-refractivity contribution in [1.82, 2.24) is 4.90 Å². The molecule has 1 saturated heterocycles. The molecule has 29 heavy (non-hydrogen) atoms. The molecular formula is C26H25NO2. The molecule has 0 spiro atoms. The molecule has 3 heteroatoms. The number of nitrogens with zero attached hydrogens (tertiary/aromatic N) is 1. The number of carbonyl (C=O) groups is 2. The minimum absolute atomic E-state index is 0.0349. The molecule has 1 aliphatic heterocycles. The Labute approximate surface area is 172 Å². The molecule has 0 aromatic heterocycles. The number of imide groups is 1. The summed E-state index contributed by atoms with van der Waals surface area (Å²) in [7, 11) is 0. The number of likely N-dealkylation sites (tertiary alicyclic amines) is 1. The van der Waals surface area contributed by atoms with E-state index in [1.165, 1.54) is 16.0 Å². The van der Waals surface area contributed by atoms with Gasteiger partial charge in [-0.25, -0.2) is 0 Å². The van der Waals surface area contributed by atoms with Crippen molar-refractivity contribution in [3.63, 3.8) is 0 Å². The minimum atomic E-state index is -0.183. The van der Waals surface area contributed by atoms with E-state index in [9.17, 15) is 9.59 Å². The summed E-state index contributed by atoms with van der Waals surface area (Å²) in [4.78, 5) is 27.5. The van der Waals surface area contributed by atoms with E-state index < -0.39 is 0 Å². The number of hydrogen-bond donors (Lipinski definition) is 0. The number of amides is 2. The number of rotatable bonds is 5. The van der Waals surface area contributed by atoms with E-state index in [1.54, 1.807) is 12.1 Å². The van der Waals surface area contributed by atoms with Crippen LogP contribution < -0.4 is 0 Å². The Morgan fingerprint density at radius 3 is 2.07 bits per heavy atom. The molecule has 0 saturated carbocycles. The van der Waals surface area contributed by atoms with Crippen LogP contribution in [0.4, 0.5) is 0 Å². The van der Waals surface area contributed by atoms with Gasteiger partial charge in [-0.05, 0) is 48.1 Å². The molecule has 1 aliphatic rings. The van der Waals surface area contributed by atoms with E-state index in [4.69, 9.17) is 0 Å². The molecule has 3 nitrogen and oxygen atoms in total. The molecular weight excluding hydrogens is 358 g/mol. The molecule has 0 N–H and O–H groups in total. The van der Waals surface area contributed by atoms with E-state index in [-0.39, 0.29) is 23.8 Å². The standard InChI is InChI=1S/C26H25NO2/c1-2-20-18-24(27(25(20)28)26(29)23-11-7-4-8-12-23)17-19-13-15-22(16-14-19)21-9-5-3-6-10-21/h3-16,20,24H,2,17-18H2,1H3/t20?,24-/m1/s1. The van der Waals surface area contributed by atoms with Crippen molar-refractivity contribution in [3.05, 3.63) is 96.1 Å². The average molecular weight is 383 g/mol. The number of benzene rings is 3. The third-order valence-electron chi connectivity index (χ3n) is 5.77. The van der Waals surface area contributed by atoms with Gasteiger partial charge >= 0.3 is 0 Å². The summed E-state index contributed by atoms with van der Waals surface area (Å²) < 4.78 is 0. The lowest BCUT2D eigenvalue weighted by atomic mass is 9.96. The largest absolute Gasteiger partial charge is 0.275 e. The van der Waals surface area contributed by atoms with Crippen LogP contribution >= 0.6 is 0 Å². The van der Waals surface area contributed by atoms with Gasteiger partial charge in [-0.1, -0.05) is 79.7 Å². The predicted octanol–water partition coefficient (Wildman–Crippen LogP) is 5.36. The van der Waals surface area contributed by atoms with E-state index in [0.717, 1.165) is 18.4 Å². The lowest BCUT2D eigenvalue weighted by Gasteiger charge is -2.23. The zero-order valence-electron chi connectivity index (χ0n) is 16.6. The normalized spacial score (nSPS) is 18.8. The highest BCUT2D eigenvalue weighted by atomic mass is 16.2. The van der Waals surface area contributed by atoms with Crippen LogP contribution in [0.1, 0.15) is 35.7 Å². The fourth-order valence-electron chi connectivity index (χ4n) is 4.15. The van der Waals surface area contributed by atoms with Crippen molar-refractivity contribution in [2.24, 2.45) is 5.92 Å². The highest BCUT2D eigenvalue weighted by molar-refractivity contribution is 6.06. The van der Waals surface area contributed by atoms with Crippen molar-refractivity contribution in [3.8, 4) is 11.1 Å². The van der Waals surface area contributed by atoms with Gasteiger partial charge in [0.25, 0.3) is 5.91 Å². The van der Waals surface area contributed by atoms with Crippen LogP contribution in [0.3, 0.4) is 0 Å². The summed E-state index contributed by atoms with van der Waals surface area (Å²) in [6, 6.07) is 27.7. The molecule has 1 fully saturated rings. The maximum atomic E-state index is 13.1. The van der Waals surface area contributed by atoms with Crippen molar-refractivity contribution in [1.29, 1.82) is 0 Å². The van der Waals surface area contributed by atoms with Gasteiger partial charge in [-0.15, -0.1) is 0 Å². The van der Waals surface area contributed by atoms with Gasteiger partial charge in [0.05, 0.1) is 0 Å². The van der Waals surface area contributed by atoms with E-state index in [1.807, 2.05) is 43.3 Å². The van der Waals surface area contributed by atoms with Crippen LogP contribution in [-0.4, -0.2) is 22.8 Å². The van der Waals surface area contributed by atoms with Crippen LogP contribution in [0.2, 0.25) is 0 Å². The summed E-state index contributed by atoms with van der Waals surface area (Å²) in [6.07, 6.45) is 2.19. The molecule has 1 heterocycles. The van der Waals surface area contributed by atoms with Gasteiger partial charge in [-0.2, -0.15) is 0 Å². The minimum Gasteiger partial charge on any atom is -0.275 e. The lowest BCUT2D eigenvalue weighted by Crippen LogP contribution is -2.40. The van der Waals surface area contributed by atoms with Gasteiger partial charge < -0.3 is 0 Å². The van der Waals surface area contributed by atoms with Gasteiger partial charge in [0.15, 0.2) is 0 Å². The number of hydrogen-bond acceptors (Lipinski definition) is 2. The second-order valence-electron chi connectivity index (χ2n) is 7.64. The van der Waals surface area contributed by atoms with Gasteiger partial charge in [-0.3, -0.25) is 14.5 Å². The first-order valence-corrected chi connectivity index (χ1v) is 10.2. The van der Waals surface area contributed by atoms with Crippen LogP contribution in [-0.2, 0) is 11.2 Å². The predicted molar refractivity (Wildman–Crippen MR) is 115 cm³/mol. The zero-order valence-corrected chi connectivity index (χ0v) is 16.6. The second kappa shape index (κ2) is 8.44. The van der Waals surface area contributed by atoms with E-state index in [0.29, 0.717) is 12.0 Å². The SMILES string of the molecule is CCC1C[C@@H](Cc2ccc(-c3ccccc3)cc2)N(C(=O)c2ccccc2)C1=O. The fourth-order valence-corrected chi connectivity index (χ4v) is 4.15. The zero-order chi connectivity index (χ0) is 20.2. The third-order valence-corrected chi connectivity index (χ3v) is 5.77. The molecule has 3 aromatic rings. The van der Waals surface area contributed by atoms with Gasteiger partial charge in [0.2, 0.25) is 5.91 Å². The lowest BCUT2D eigenvalue weighted by molar-refractivity contribution is -0.129. The van der Waals surface area contributed by atoms with E-state index in [2.05, 4.69) is 36.4 Å².